The molecule has 0 aliphatic carbocycles. The Balaban J connectivity index is 0.00000169. The third kappa shape index (κ3) is 2.86. The fraction of sp³-hybridized carbons (Fsp3) is 0.200. The zero-order chi connectivity index (χ0) is 16.0. The van der Waals surface area contributed by atoms with Gasteiger partial charge in [0.15, 0.2) is 0 Å². The van der Waals surface area contributed by atoms with Crippen LogP contribution in [0.1, 0.15) is 29.5 Å². The normalized spacial score (nSPS) is 19.6. The number of benzene rings is 3. The smallest absolute Gasteiger partial charge is 0.0488 e. The Morgan fingerprint density at radius 3 is 2.38 bits per heavy atom. The minimum Gasteiger partial charge on any atom is -0.309 e. The molecule has 4 heteroatoms. The van der Waals surface area contributed by atoms with Crippen LogP contribution in [0.5, 0.6) is 0 Å². The molecule has 2 atom stereocenters. The minimum absolute atomic E-state index is 0. The monoisotopic (exact) mass is 421 g/mol. The third-order valence-electron chi connectivity index (χ3n) is 4.82. The predicted octanol–water partition coefficient (Wildman–Crippen LogP) is 6.35. The van der Waals surface area contributed by atoms with Crippen LogP contribution in [0, 0.1) is 0 Å². The van der Waals surface area contributed by atoms with E-state index in [2.05, 4.69) is 54.7 Å². The van der Waals surface area contributed by atoms with Gasteiger partial charge in [0, 0.05) is 39.3 Å². The van der Waals surface area contributed by atoms with Gasteiger partial charge >= 0.3 is 0 Å². The van der Waals surface area contributed by atoms with E-state index in [0.717, 1.165) is 27.4 Å². The van der Waals surface area contributed by atoms with Crippen LogP contribution in [0.25, 0.3) is 10.8 Å². The van der Waals surface area contributed by atoms with Gasteiger partial charge in [0.05, 0.1) is 0 Å². The maximum atomic E-state index is 6.51. The second-order valence-electron chi connectivity index (χ2n) is 6.14. The maximum Gasteiger partial charge on any atom is 0.0488 e. The topological polar surface area (TPSA) is 12.0 Å². The van der Waals surface area contributed by atoms with Crippen molar-refractivity contribution in [3.63, 3.8) is 0 Å². The lowest BCUT2D eigenvalue weighted by Crippen LogP contribution is -2.37. The molecule has 0 bridgehead atoms. The largest absolute Gasteiger partial charge is 0.309 e. The van der Waals surface area contributed by atoms with E-state index in [0.29, 0.717) is 12.0 Å². The Labute approximate surface area is 162 Å². The molecule has 0 saturated heterocycles. The molecule has 0 radical (unpaired) electrons. The van der Waals surface area contributed by atoms with Crippen LogP contribution in [-0.2, 0) is 6.54 Å². The van der Waals surface area contributed by atoms with E-state index in [9.17, 15) is 0 Å². The lowest BCUT2D eigenvalue weighted by atomic mass is 9.79. The van der Waals surface area contributed by atoms with Gasteiger partial charge in [0.1, 0.15) is 0 Å². The van der Waals surface area contributed by atoms with Gasteiger partial charge in [0.25, 0.3) is 0 Å². The van der Waals surface area contributed by atoms with Gasteiger partial charge in [-0.15, -0.1) is 17.0 Å². The maximum absolute atomic E-state index is 6.51. The molecule has 124 valence electrons. The van der Waals surface area contributed by atoms with E-state index in [1.54, 1.807) is 0 Å². The van der Waals surface area contributed by atoms with Crippen LogP contribution in [0.3, 0.4) is 0 Å². The minimum atomic E-state index is 0. The Morgan fingerprint density at radius 1 is 0.917 bits per heavy atom. The molecule has 0 saturated carbocycles. The summed E-state index contributed by atoms with van der Waals surface area (Å²) in [6.07, 6.45) is 0. The number of hydrogen-bond acceptors (Lipinski definition) is 1. The first kappa shape index (κ1) is 17.8. The van der Waals surface area contributed by atoms with E-state index in [4.69, 9.17) is 23.2 Å². The highest BCUT2D eigenvalue weighted by Crippen LogP contribution is 2.41. The fourth-order valence-corrected chi connectivity index (χ4v) is 4.22. The first-order chi connectivity index (χ1) is 11.2. The number of halogens is 3. The molecular formula is C20H18BrCl2N. The van der Waals surface area contributed by atoms with Crippen LogP contribution in [0.2, 0.25) is 10.0 Å². The first-order valence-electron chi connectivity index (χ1n) is 7.84. The second kappa shape index (κ2) is 7.05. The summed E-state index contributed by atoms with van der Waals surface area (Å²) in [4.78, 5) is 0. The number of fused-ring (bicyclic) bond motifs is 3. The Morgan fingerprint density at radius 2 is 1.62 bits per heavy atom. The molecule has 2 unspecified atom stereocenters. The lowest BCUT2D eigenvalue weighted by Gasteiger charge is -2.34. The third-order valence-corrected chi connectivity index (χ3v) is 5.46. The Bertz CT molecular complexity index is 880. The average molecular weight is 423 g/mol. The van der Waals surface area contributed by atoms with Gasteiger partial charge < -0.3 is 5.32 Å². The summed E-state index contributed by atoms with van der Waals surface area (Å²) < 4.78 is 0. The molecular weight excluding hydrogens is 405 g/mol. The summed E-state index contributed by atoms with van der Waals surface area (Å²) in [6, 6.07) is 19.1. The highest BCUT2D eigenvalue weighted by Gasteiger charge is 2.29. The molecule has 3 aromatic rings. The lowest BCUT2D eigenvalue weighted by molar-refractivity contribution is 0.469. The van der Waals surface area contributed by atoms with E-state index in [1.807, 2.05) is 12.1 Å². The number of hydrogen-bond donors (Lipinski definition) is 1. The molecule has 24 heavy (non-hydrogen) atoms. The van der Waals surface area contributed by atoms with Crippen molar-refractivity contribution in [2.75, 3.05) is 0 Å². The fourth-order valence-electron chi connectivity index (χ4n) is 3.72. The van der Waals surface area contributed by atoms with Crippen molar-refractivity contribution in [1.29, 1.82) is 0 Å². The second-order valence-corrected chi connectivity index (χ2v) is 6.96. The summed E-state index contributed by atoms with van der Waals surface area (Å²) in [5.74, 6) is 0.319. The van der Waals surface area contributed by atoms with Crippen LogP contribution < -0.4 is 5.32 Å². The molecule has 1 nitrogen and oxygen atoms in total. The first-order valence-corrected chi connectivity index (χ1v) is 8.60. The predicted molar refractivity (Wildman–Crippen MR) is 109 cm³/mol. The van der Waals surface area contributed by atoms with Crippen LogP contribution >= 0.6 is 40.2 Å². The quantitative estimate of drug-likeness (QED) is 0.481. The van der Waals surface area contributed by atoms with Gasteiger partial charge in [-0.1, -0.05) is 65.7 Å². The molecule has 0 spiro atoms. The summed E-state index contributed by atoms with van der Waals surface area (Å²) in [5, 5.41) is 7.25. The van der Waals surface area contributed by atoms with Gasteiger partial charge in [-0.05, 0) is 35.7 Å². The molecule has 1 aliphatic heterocycles. The highest BCUT2D eigenvalue weighted by atomic mass is 79.9. The van der Waals surface area contributed by atoms with Crippen LogP contribution in [0.4, 0.5) is 0 Å². The summed E-state index contributed by atoms with van der Waals surface area (Å²) in [5.41, 5.74) is 3.94. The van der Waals surface area contributed by atoms with E-state index in [-0.39, 0.29) is 17.0 Å². The zero-order valence-electron chi connectivity index (χ0n) is 13.2. The van der Waals surface area contributed by atoms with Crippen LogP contribution in [-0.4, -0.2) is 6.04 Å². The highest BCUT2D eigenvalue weighted by molar-refractivity contribution is 8.93. The van der Waals surface area contributed by atoms with Gasteiger partial charge in [-0.3, -0.25) is 0 Å². The van der Waals surface area contributed by atoms with Gasteiger partial charge in [-0.25, -0.2) is 0 Å². The van der Waals surface area contributed by atoms with Crippen molar-refractivity contribution < 1.29 is 0 Å². The number of rotatable bonds is 1. The van der Waals surface area contributed by atoms with Gasteiger partial charge in [-0.2, -0.15) is 0 Å². The molecule has 3 aromatic carbocycles. The molecule has 1 aliphatic rings. The molecule has 0 amide bonds. The Hall–Kier alpha value is -1.06. The molecule has 4 rings (SSSR count). The number of nitrogens with one attached hydrogen (secondary N) is 1. The van der Waals surface area contributed by atoms with E-state index in [1.165, 1.54) is 16.7 Å². The van der Waals surface area contributed by atoms with Crippen molar-refractivity contribution in [1.82, 2.24) is 5.32 Å². The molecule has 1 heterocycles. The standard InChI is InChI=1S/C20H17Cl2N.BrH/c1-12-19(13-5-3-2-4-6-13)14-7-8-15-17(21)9-10-18(22)20(15)16(14)11-23-12;/h2-10,12,19,23H,11H2,1H3;1H. The summed E-state index contributed by atoms with van der Waals surface area (Å²) in [7, 11) is 0. The zero-order valence-corrected chi connectivity index (χ0v) is 16.4. The van der Waals surface area contributed by atoms with E-state index < -0.39 is 0 Å². The molecule has 0 aromatic heterocycles. The van der Waals surface area contributed by atoms with Crippen molar-refractivity contribution in [2.24, 2.45) is 0 Å². The van der Waals surface area contributed by atoms with E-state index >= 15 is 0 Å². The summed E-state index contributed by atoms with van der Waals surface area (Å²) >= 11 is 12.9. The Kier molecular flexibility index (Phi) is 5.22. The summed E-state index contributed by atoms with van der Waals surface area (Å²) in [6.45, 7) is 3.06. The van der Waals surface area contributed by atoms with Crippen molar-refractivity contribution >= 4 is 51.0 Å². The van der Waals surface area contributed by atoms with Crippen molar-refractivity contribution in [3.05, 3.63) is 81.3 Å². The van der Waals surface area contributed by atoms with Crippen molar-refractivity contribution in [3.8, 4) is 0 Å². The van der Waals surface area contributed by atoms with Gasteiger partial charge in [0.2, 0.25) is 0 Å². The molecule has 0 fully saturated rings. The van der Waals surface area contributed by atoms with Crippen molar-refractivity contribution in [2.45, 2.75) is 25.4 Å². The van der Waals surface area contributed by atoms with Crippen LogP contribution in [0.15, 0.2) is 54.6 Å². The SMILES string of the molecule is Br.CC1NCc2c(ccc3c(Cl)ccc(Cl)c23)C1c1ccccc1. The average Bonchev–Trinajstić information content (AvgIpc) is 2.58. The molecule has 1 N–H and O–H groups in total.